The molecule has 2 aliphatic heterocycles. The number of aryl methyl sites for hydroxylation is 1. The Morgan fingerprint density at radius 2 is 1.84 bits per heavy atom. The van der Waals surface area contributed by atoms with E-state index in [2.05, 4.69) is 30.0 Å². The summed E-state index contributed by atoms with van der Waals surface area (Å²) in [5, 5.41) is 12.9. The zero-order valence-corrected chi connectivity index (χ0v) is 18.4. The van der Waals surface area contributed by atoms with Crippen LogP contribution < -0.4 is 4.74 Å². The Hall–Kier alpha value is -2.76. The van der Waals surface area contributed by atoms with Crippen molar-refractivity contribution in [3.8, 4) is 5.75 Å². The zero-order chi connectivity index (χ0) is 21.7. The van der Waals surface area contributed by atoms with Gasteiger partial charge in [0, 0.05) is 24.0 Å². The van der Waals surface area contributed by atoms with Crippen molar-refractivity contribution >= 4 is 21.9 Å². The van der Waals surface area contributed by atoms with Gasteiger partial charge in [0.1, 0.15) is 29.6 Å². The van der Waals surface area contributed by atoms with Crippen molar-refractivity contribution in [1.29, 1.82) is 0 Å². The molecule has 2 aromatic carbocycles. The molecule has 2 bridgehead atoms. The van der Waals surface area contributed by atoms with E-state index in [1.54, 1.807) is 6.26 Å². The molecule has 2 fully saturated rings. The monoisotopic (exact) mass is 431 g/mol. The first-order valence-corrected chi connectivity index (χ1v) is 11.7. The number of ether oxygens (including phenoxy) is 1. The summed E-state index contributed by atoms with van der Waals surface area (Å²) in [4.78, 5) is 2.53. The van der Waals surface area contributed by atoms with Crippen LogP contribution in [0.15, 0.2) is 63.8 Å². The van der Waals surface area contributed by atoms with Gasteiger partial charge in [-0.2, -0.15) is 0 Å². The van der Waals surface area contributed by atoms with E-state index in [4.69, 9.17) is 13.6 Å². The predicted octanol–water partition coefficient (Wildman–Crippen LogP) is 5.64. The third-order valence-electron chi connectivity index (χ3n) is 7.46. The maximum absolute atomic E-state index is 10.8. The molecule has 5 nitrogen and oxygen atoms in total. The number of furan rings is 2. The summed E-state index contributed by atoms with van der Waals surface area (Å²) in [5.41, 5.74) is 4.41. The second-order valence-corrected chi connectivity index (χ2v) is 9.48. The summed E-state index contributed by atoms with van der Waals surface area (Å²) in [6.45, 7) is 3.07. The Morgan fingerprint density at radius 1 is 1.03 bits per heavy atom. The van der Waals surface area contributed by atoms with E-state index in [0.717, 1.165) is 35.1 Å². The lowest BCUT2D eigenvalue weighted by Crippen LogP contribution is -2.47. The molecule has 32 heavy (non-hydrogen) atoms. The second-order valence-electron chi connectivity index (χ2n) is 9.48. The van der Waals surface area contributed by atoms with Crippen LogP contribution in [-0.4, -0.2) is 41.3 Å². The molecule has 0 radical (unpaired) electrons. The summed E-state index contributed by atoms with van der Waals surface area (Å²) < 4.78 is 17.0. The molecular weight excluding hydrogens is 402 g/mol. The van der Waals surface area contributed by atoms with E-state index in [9.17, 15) is 5.11 Å². The average Bonchev–Trinajstić information content (AvgIpc) is 3.48. The smallest absolute Gasteiger partial charge is 0.137 e. The van der Waals surface area contributed by atoms with E-state index in [1.807, 2.05) is 30.5 Å². The number of benzene rings is 2. The lowest BCUT2D eigenvalue weighted by Gasteiger charge is -2.40. The molecule has 0 saturated carbocycles. The molecule has 5 heteroatoms. The summed E-state index contributed by atoms with van der Waals surface area (Å²) in [6.07, 6.45) is 7.74. The molecule has 6 rings (SSSR count). The summed E-state index contributed by atoms with van der Waals surface area (Å²) in [5.74, 6) is 1.34. The van der Waals surface area contributed by atoms with E-state index in [1.165, 1.54) is 29.4 Å². The van der Waals surface area contributed by atoms with Gasteiger partial charge in [-0.25, -0.2) is 0 Å². The Bertz CT molecular complexity index is 1230. The maximum Gasteiger partial charge on any atom is 0.137 e. The van der Waals surface area contributed by atoms with Crippen molar-refractivity contribution in [3.05, 3.63) is 66.1 Å². The van der Waals surface area contributed by atoms with Crippen molar-refractivity contribution in [1.82, 2.24) is 4.90 Å². The van der Waals surface area contributed by atoms with Crippen LogP contribution in [-0.2, 0) is 0 Å². The van der Waals surface area contributed by atoms with Gasteiger partial charge in [-0.05, 0) is 80.0 Å². The number of rotatable bonds is 6. The van der Waals surface area contributed by atoms with Crippen LogP contribution in [0.2, 0.25) is 0 Å². The van der Waals surface area contributed by atoms with Crippen molar-refractivity contribution in [3.63, 3.8) is 0 Å². The maximum atomic E-state index is 10.8. The second kappa shape index (κ2) is 7.98. The van der Waals surface area contributed by atoms with Crippen LogP contribution in [0.4, 0.5) is 0 Å². The first kappa shape index (κ1) is 19.9. The first-order valence-electron chi connectivity index (χ1n) is 11.7. The Kier molecular flexibility index (Phi) is 4.96. The van der Waals surface area contributed by atoms with Gasteiger partial charge < -0.3 is 18.7 Å². The van der Waals surface area contributed by atoms with E-state index >= 15 is 0 Å². The van der Waals surface area contributed by atoms with Gasteiger partial charge in [-0.15, -0.1) is 0 Å². The molecule has 4 heterocycles. The lowest BCUT2D eigenvalue weighted by molar-refractivity contribution is 0.0321. The number of aliphatic hydroxyl groups is 1. The van der Waals surface area contributed by atoms with Crippen LogP contribution in [0.3, 0.4) is 0 Å². The third kappa shape index (κ3) is 3.50. The van der Waals surface area contributed by atoms with Gasteiger partial charge >= 0.3 is 0 Å². The molecular formula is C27H29NO4. The van der Waals surface area contributed by atoms with Gasteiger partial charge in [-0.3, -0.25) is 4.90 Å². The SMILES string of the molecule is Cc1coc2ccc(C3CC4CCC(C3)N4C[C@H](O)COc3cccc4occc34)cc12. The van der Waals surface area contributed by atoms with Crippen molar-refractivity contribution in [2.45, 2.75) is 56.7 Å². The Balaban J connectivity index is 1.10. The van der Waals surface area contributed by atoms with Crippen LogP contribution in [0.1, 0.15) is 42.7 Å². The topological polar surface area (TPSA) is 59.0 Å². The number of fused-ring (bicyclic) bond motifs is 4. The molecule has 4 aromatic rings. The Labute approximate surface area is 187 Å². The quantitative estimate of drug-likeness (QED) is 0.428. The standard InChI is InChI=1S/C27H29NO4/c1-17-15-31-27-8-5-18(13-24(17)27)19-11-20-6-7-21(12-19)28(20)14-22(29)16-32-26-4-2-3-25-23(26)9-10-30-25/h2-5,8-10,13,15,19-22,29H,6-7,11-12,14,16H2,1H3/t19?,20?,21?,22-/m0/s1. The highest BCUT2D eigenvalue weighted by Gasteiger charge is 2.41. The van der Waals surface area contributed by atoms with Gasteiger partial charge in [0.25, 0.3) is 0 Å². The number of nitrogens with zero attached hydrogens (tertiary/aromatic N) is 1. The average molecular weight is 432 g/mol. The van der Waals surface area contributed by atoms with Gasteiger partial charge in [-0.1, -0.05) is 12.1 Å². The van der Waals surface area contributed by atoms with Crippen molar-refractivity contribution < 1.29 is 18.7 Å². The molecule has 0 amide bonds. The molecule has 0 aliphatic carbocycles. The highest BCUT2D eigenvalue weighted by molar-refractivity contribution is 5.84. The number of piperidine rings is 1. The van der Waals surface area contributed by atoms with Crippen LogP contribution in [0.5, 0.6) is 5.75 Å². The van der Waals surface area contributed by atoms with Gasteiger partial charge in [0.05, 0.1) is 17.9 Å². The minimum Gasteiger partial charge on any atom is -0.490 e. The normalized spacial score (nSPS) is 24.4. The number of aliphatic hydroxyl groups excluding tert-OH is 1. The number of hydrogen-bond acceptors (Lipinski definition) is 5. The van der Waals surface area contributed by atoms with Crippen LogP contribution >= 0.6 is 0 Å². The highest BCUT2D eigenvalue weighted by Crippen LogP contribution is 2.43. The largest absolute Gasteiger partial charge is 0.490 e. The molecule has 1 N–H and O–H groups in total. The van der Waals surface area contributed by atoms with Crippen LogP contribution in [0.25, 0.3) is 21.9 Å². The molecule has 3 atom stereocenters. The molecule has 2 aliphatic rings. The van der Waals surface area contributed by atoms with Gasteiger partial charge in [0.2, 0.25) is 0 Å². The predicted molar refractivity (Wildman–Crippen MR) is 124 cm³/mol. The molecule has 0 spiro atoms. The van der Waals surface area contributed by atoms with E-state index in [-0.39, 0.29) is 0 Å². The number of hydrogen-bond donors (Lipinski definition) is 1. The minimum atomic E-state index is -0.512. The highest BCUT2D eigenvalue weighted by atomic mass is 16.5. The van der Waals surface area contributed by atoms with Gasteiger partial charge in [0.15, 0.2) is 0 Å². The summed E-state index contributed by atoms with van der Waals surface area (Å²) >= 11 is 0. The molecule has 2 saturated heterocycles. The van der Waals surface area contributed by atoms with Crippen molar-refractivity contribution in [2.24, 2.45) is 0 Å². The molecule has 2 unspecified atom stereocenters. The fourth-order valence-electron chi connectivity index (χ4n) is 5.85. The minimum absolute atomic E-state index is 0.292. The molecule has 2 aromatic heterocycles. The van der Waals surface area contributed by atoms with Crippen LogP contribution in [0, 0.1) is 6.92 Å². The fraction of sp³-hybridized carbons (Fsp3) is 0.407. The first-order chi connectivity index (χ1) is 15.7. The third-order valence-corrected chi connectivity index (χ3v) is 7.46. The zero-order valence-electron chi connectivity index (χ0n) is 18.4. The summed E-state index contributed by atoms with van der Waals surface area (Å²) in [6, 6.07) is 15.4. The summed E-state index contributed by atoms with van der Waals surface area (Å²) in [7, 11) is 0. The van der Waals surface area contributed by atoms with E-state index in [0.29, 0.717) is 31.2 Å². The van der Waals surface area contributed by atoms with E-state index < -0.39 is 6.10 Å². The fourth-order valence-corrected chi connectivity index (χ4v) is 5.85. The molecule has 166 valence electrons. The Morgan fingerprint density at radius 3 is 2.69 bits per heavy atom. The lowest BCUT2D eigenvalue weighted by atomic mass is 9.84. The van der Waals surface area contributed by atoms with Crippen molar-refractivity contribution in [2.75, 3.05) is 13.2 Å².